The van der Waals surface area contributed by atoms with Crippen molar-refractivity contribution in [3.63, 3.8) is 0 Å². The second-order valence-electron chi connectivity index (χ2n) is 4.38. The van der Waals surface area contributed by atoms with E-state index in [4.69, 9.17) is 5.11 Å². The number of carboxylic acids is 1. The Labute approximate surface area is 106 Å². The lowest BCUT2D eigenvalue weighted by atomic mass is 10.1. The van der Waals surface area contributed by atoms with Gasteiger partial charge >= 0.3 is 5.97 Å². The number of aliphatic carboxylic acids is 1. The Bertz CT molecular complexity index is 444. The van der Waals surface area contributed by atoms with Crippen molar-refractivity contribution < 1.29 is 14.7 Å². The van der Waals surface area contributed by atoms with E-state index in [1.807, 2.05) is 19.9 Å². The number of hydrogen-bond donors (Lipinski definition) is 3. The fraction of sp³-hybridized carbons (Fsp3) is 0.385. The van der Waals surface area contributed by atoms with E-state index in [1.165, 1.54) is 6.92 Å². The summed E-state index contributed by atoms with van der Waals surface area (Å²) in [7, 11) is 0. The van der Waals surface area contributed by atoms with Crippen LogP contribution in [0.25, 0.3) is 0 Å². The van der Waals surface area contributed by atoms with Gasteiger partial charge < -0.3 is 15.7 Å². The highest BCUT2D eigenvalue weighted by molar-refractivity contribution is 6.01. The molecule has 18 heavy (non-hydrogen) atoms. The van der Waals surface area contributed by atoms with Gasteiger partial charge in [0.05, 0.1) is 5.56 Å². The number of amides is 1. The molecule has 0 bridgehead atoms. The first kappa shape index (κ1) is 14.0. The van der Waals surface area contributed by atoms with E-state index in [2.05, 4.69) is 10.6 Å². The highest BCUT2D eigenvalue weighted by Crippen LogP contribution is 2.16. The first-order chi connectivity index (χ1) is 8.41. The summed E-state index contributed by atoms with van der Waals surface area (Å²) in [6, 6.07) is 6.29. The lowest BCUT2D eigenvalue weighted by molar-refractivity contribution is -0.138. The van der Waals surface area contributed by atoms with Crippen molar-refractivity contribution in [3.05, 3.63) is 29.8 Å². The summed E-state index contributed by atoms with van der Waals surface area (Å²) >= 11 is 0. The third kappa shape index (κ3) is 3.76. The minimum Gasteiger partial charge on any atom is -0.480 e. The average Bonchev–Trinajstić information content (AvgIpc) is 2.28. The number of anilines is 1. The first-order valence-corrected chi connectivity index (χ1v) is 5.81. The molecule has 1 aromatic carbocycles. The van der Waals surface area contributed by atoms with Crippen LogP contribution in [-0.2, 0) is 4.79 Å². The SMILES string of the molecule is CC(C)Nc1ccccc1C(=O)NC(C)C(=O)O. The second-order valence-corrected chi connectivity index (χ2v) is 4.38. The van der Waals surface area contributed by atoms with Gasteiger partial charge in [0.1, 0.15) is 6.04 Å². The Balaban J connectivity index is 2.88. The van der Waals surface area contributed by atoms with Crippen LogP contribution in [0.1, 0.15) is 31.1 Å². The predicted octanol–water partition coefficient (Wildman–Crippen LogP) is 1.71. The Kier molecular flexibility index (Phi) is 4.71. The van der Waals surface area contributed by atoms with Gasteiger partial charge in [-0.3, -0.25) is 9.59 Å². The van der Waals surface area contributed by atoms with Gasteiger partial charge in [-0.25, -0.2) is 0 Å². The summed E-state index contributed by atoms with van der Waals surface area (Å²) in [5.41, 5.74) is 1.14. The van der Waals surface area contributed by atoms with Crippen LogP contribution in [0, 0.1) is 0 Å². The summed E-state index contributed by atoms with van der Waals surface area (Å²) in [6.07, 6.45) is 0. The predicted molar refractivity (Wildman–Crippen MR) is 69.8 cm³/mol. The standard InChI is InChI=1S/C13H18N2O3/c1-8(2)14-11-7-5-4-6-10(11)12(16)15-9(3)13(17)18/h4-9,14H,1-3H3,(H,15,16)(H,17,18). The second kappa shape index (κ2) is 6.05. The van der Waals surface area contributed by atoms with Crippen molar-refractivity contribution in [2.45, 2.75) is 32.9 Å². The Morgan fingerprint density at radius 2 is 1.78 bits per heavy atom. The quantitative estimate of drug-likeness (QED) is 0.743. The van der Waals surface area contributed by atoms with E-state index in [0.29, 0.717) is 11.3 Å². The molecule has 0 aliphatic carbocycles. The molecule has 0 fully saturated rings. The van der Waals surface area contributed by atoms with Crippen LogP contribution in [0.15, 0.2) is 24.3 Å². The van der Waals surface area contributed by atoms with E-state index < -0.39 is 17.9 Å². The van der Waals surface area contributed by atoms with E-state index in [9.17, 15) is 9.59 Å². The van der Waals surface area contributed by atoms with Gasteiger partial charge in [-0.1, -0.05) is 12.1 Å². The van der Waals surface area contributed by atoms with Crippen molar-refractivity contribution in [2.24, 2.45) is 0 Å². The molecule has 1 amide bonds. The molecule has 0 saturated carbocycles. The molecule has 3 N–H and O–H groups in total. The Morgan fingerprint density at radius 3 is 2.33 bits per heavy atom. The molecule has 5 nitrogen and oxygen atoms in total. The van der Waals surface area contributed by atoms with Gasteiger partial charge in [0.2, 0.25) is 0 Å². The van der Waals surface area contributed by atoms with Gasteiger partial charge in [-0.2, -0.15) is 0 Å². The molecule has 0 saturated heterocycles. The topological polar surface area (TPSA) is 78.4 Å². The molecule has 1 rings (SSSR count). The molecule has 0 heterocycles. The van der Waals surface area contributed by atoms with Gasteiger partial charge in [-0.15, -0.1) is 0 Å². The molecule has 0 aromatic heterocycles. The molecule has 1 unspecified atom stereocenters. The minimum absolute atomic E-state index is 0.191. The molecular formula is C13H18N2O3. The van der Waals surface area contributed by atoms with Gasteiger partial charge in [0, 0.05) is 11.7 Å². The zero-order valence-corrected chi connectivity index (χ0v) is 10.7. The van der Waals surface area contributed by atoms with Crippen molar-refractivity contribution in [1.29, 1.82) is 0 Å². The monoisotopic (exact) mass is 250 g/mol. The highest BCUT2D eigenvalue weighted by atomic mass is 16.4. The molecule has 0 radical (unpaired) electrons. The summed E-state index contributed by atoms with van der Waals surface area (Å²) in [5, 5.41) is 14.3. The normalized spacial score (nSPS) is 12.0. The summed E-state index contributed by atoms with van der Waals surface area (Å²) in [6.45, 7) is 5.36. The lowest BCUT2D eigenvalue weighted by Crippen LogP contribution is -2.38. The zero-order chi connectivity index (χ0) is 13.7. The fourth-order valence-corrected chi connectivity index (χ4v) is 1.45. The van der Waals surface area contributed by atoms with Crippen LogP contribution in [0.2, 0.25) is 0 Å². The lowest BCUT2D eigenvalue weighted by Gasteiger charge is -2.15. The fourth-order valence-electron chi connectivity index (χ4n) is 1.45. The van der Waals surface area contributed by atoms with Crippen molar-refractivity contribution >= 4 is 17.6 Å². The molecule has 98 valence electrons. The number of benzene rings is 1. The molecule has 0 aliphatic heterocycles. The molecular weight excluding hydrogens is 232 g/mol. The maximum atomic E-state index is 11.9. The third-order valence-electron chi connectivity index (χ3n) is 2.33. The summed E-state index contributed by atoms with van der Waals surface area (Å²) in [4.78, 5) is 22.6. The average molecular weight is 250 g/mol. The van der Waals surface area contributed by atoms with Crippen LogP contribution in [-0.4, -0.2) is 29.1 Å². The number of carboxylic acid groups (broad SMARTS) is 1. The van der Waals surface area contributed by atoms with Crippen molar-refractivity contribution in [1.82, 2.24) is 5.32 Å². The van der Waals surface area contributed by atoms with Gasteiger partial charge in [-0.05, 0) is 32.9 Å². The molecule has 1 atom stereocenters. The number of hydrogen-bond acceptors (Lipinski definition) is 3. The summed E-state index contributed by atoms with van der Waals surface area (Å²) < 4.78 is 0. The van der Waals surface area contributed by atoms with Gasteiger partial charge in [0.15, 0.2) is 0 Å². The van der Waals surface area contributed by atoms with Crippen molar-refractivity contribution in [2.75, 3.05) is 5.32 Å². The third-order valence-corrected chi connectivity index (χ3v) is 2.33. The van der Waals surface area contributed by atoms with E-state index in [0.717, 1.165) is 0 Å². The zero-order valence-electron chi connectivity index (χ0n) is 10.7. The number of rotatable bonds is 5. The number of para-hydroxylation sites is 1. The minimum atomic E-state index is -1.06. The smallest absolute Gasteiger partial charge is 0.325 e. The maximum absolute atomic E-state index is 11.9. The van der Waals surface area contributed by atoms with Crippen LogP contribution in [0.3, 0.4) is 0 Å². The highest BCUT2D eigenvalue weighted by Gasteiger charge is 2.17. The van der Waals surface area contributed by atoms with Crippen LogP contribution in [0.5, 0.6) is 0 Å². The molecule has 1 aromatic rings. The summed E-state index contributed by atoms with van der Waals surface area (Å²) in [5.74, 6) is -1.45. The largest absolute Gasteiger partial charge is 0.480 e. The van der Waals surface area contributed by atoms with E-state index in [1.54, 1.807) is 18.2 Å². The number of nitrogens with one attached hydrogen (secondary N) is 2. The van der Waals surface area contributed by atoms with E-state index in [-0.39, 0.29) is 6.04 Å². The van der Waals surface area contributed by atoms with Crippen LogP contribution >= 0.6 is 0 Å². The van der Waals surface area contributed by atoms with Gasteiger partial charge in [0.25, 0.3) is 5.91 Å². The van der Waals surface area contributed by atoms with Crippen LogP contribution in [0.4, 0.5) is 5.69 Å². The van der Waals surface area contributed by atoms with Crippen LogP contribution < -0.4 is 10.6 Å². The molecule has 5 heteroatoms. The van der Waals surface area contributed by atoms with E-state index >= 15 is 0 Å². The number of carbonyl (C=O) groups excluding carboxylic acids is 1. The van der Waals surface area contributed by atoms with Crippen molar-refractivity contribution in [3.8, 4) is 0 Å². The number of carbonyl (C=O) groups is 2. The Hall–Kier alpha value is -2.04. The molecule has 0 spiro atoms. The Morgan fingerprint density at radius 1 is 1.17 bits per heavy atom. The molecule has 0 aliphatic rings. The maximum Gasteiger partial charge on any atom is 0.325 e. The first-order valence-electron chi connectivity index (χ1n) is 5.81.